The number of carbonyl (C=O) groups is 1. The molecule has 10 heteroatoms. The van der Waals surface area contributed by atoms with Gasteiger partial charge in [-0.3, -0.25) is 14.2 Å². The highest BCUT2D eigenvalue weighted by Gasteiger charge is 2.16. The Morgan fingerprint density at radius 2 is 1.93 bits per heavy atom. The number of aromatic nitrogens is 3. The van der Waals surface area contributed by atoms with Crippen LogP contribution in [0, 0.1) is 0 Å². The number of aryl methyl sites for hydroxylation is 1. The minimum Gasteiger partial charge on any atom is -0.481 e. The second kappa shape index (κ2) is 9.86. The van der Waals surface area contributed by atoms with E-state index in [4.69, 9.17) is 33.0 Å². The average Bonchev–Trinajstić information content (AvgIpc) is 2.88. The molecular weight excluding hydrogens is 425 g/mol. The van der Waals surface area contributed by atoms with Gasteiger partial charge in [0.15, 0.2) is 11.9 Å². The number of carboxylic acids is 1. The van der Waals surface area contributed by atoms with E-state index in [2.05, 4.69) is 9.97 Å². The molecule has 3 rings (SSSR count). The lowest BCUT2D eigenvalue weighted by molar-refractivity contribution is -0.137. The molecule has 0 aliphatic heterocycles. The maximum Gasteiger partial charge on any atom is 0.308 e. The smallest absolute Gasteiger partial charge is 0.308 e. The van der Waals surface area contributed by atoms with Gasteiger partial charge in [0.1, 0.15) is 5.75 Å². The Kier molecular flexibility index (Phi) is 8.41. The third-order valence-corrected chi connectivity index (χ3v) is 5.01. The Balaban J connectivity index is 0.00000196. The molecule has 0 bridgehead atoms. The van der Waals surface area contributed by atoms with E-state index in [1.54, 1.807) is 19.1 Å². The molecule has 0 aliphatic rings. The first kappa shape index (κ1) is 23.9. The van der Waals surface area contributed by atoms with Crippen molar-refractivity contribution in [3.05, 3.63) is 50.1 Å². The first-order chi connectivity index (χ1) is 12.3. The van der Waals surface area contributed by atoms with E-state index in [-0.39, 0.29) is 32.7 Å². The number of fused-ring (bicyclic) bond motifs is 1. The SMILES string of the molecule is C.C.C[C@@H](Oc1cc2sc(=O)n(CCC(=O)O)c2cc1Cl)c1ncc(Cl)cn1. The molecule has 2 heterocycles. The number of hydrogen-bond acceptors (Lipinski definition) is 6. The molecule has 0 radical (unpaired) electrons. The molecule has 7 nitrogen and oxygen atoms in total. The molecule has 28 heavy (non-hydrogen) atoms. The summed E-state index contributed by atoms with van der Waals surface area (Å²) in [7, 11) is 0. The van der Waals surface area contributed by atoms with Gasteiger partial charge < -0.3 is 9.84 Å². The molecule has 0 aliphatic carbocycles. The molecule has 2 aromatic heterocycles. The van der Waals surface area contributed by atoms with Gasteiger partial charge in [-0.2, -0.15) is 0 Å². The van der Waals surface area contributed by atoms with Gasteiger partial charge in [0.25, 0.3) is 0 Å². The van der Waals surface area contributed by atoms with Gasteiger partial charge in [-0.25, -0.2) is 9.97 Å². The predicted molar refractivity (Wildman–Crippen MR) is 113 cm³/mol. The normalized spacial score (nSPS) is 11.4. The topological polar surface area (TPSA) is 94.3 Å². The third kappa shape index (κ3) is 5.21. The lowest BCUT2D eigenvalue weighted by atomic mass is 10.3. The van der Waals surface area contributed by atoms with Crippen molar-refractivity contribution < 1.29 is 14.6 Å². The van der Waals surface area contributed by atoms with Gasteiger partial charge in [-0.1, -0.05) is 49.4 Å². The largest absolute Gasteiger partial charge is 0.481 e. The van der Waals surface area contributed by atoms with Crippen molar-refractivity contribution in [2.45, 2.75) is 40.8 Å². The molecule has 0 saturated heterocycles. The Morgan fingerprint density at radius 3 is 2.54 bits per heavy atom. The summed E-state index contributed by atoms with van der Waals surface area (Å²) >= 11 is 13.1. The number of nitrogens with zero attached hydrogens (tertiary/aromatic N) is 3. The van der Waals surface area contributed by atoms with Gasteiger partial charge in [0.05, 0.1) is 26.7 Å². The fourth-order valence-corrected chi connectivity index (χ4v) is 3.58. The van der Waals surface area contributed by atoms with Crippen LogP contribution < -0.4 is 9.61 Å². The number of rotatable bonds is 6. The van der Waals surface area contributed by atoms with Crippen molar-refractivity contribution in [2.24, 2.45) is 0 Å². The summed E-state index contributed by atoms with van der Waals surface area (Å²) in [6, 6.07) is 3.26. The maximum absolute atomic E-state index is 12.1. The summed E-state index contributed by atoms with van der Waals surface area (Å²) in [5.74, 6) is -0.145. The van der Waals surface area contributed by atoms with Crippen LogP contribution in [-0.2, 0) is 11.3 Å². The van der Waals surface area contributed by atoms with Crippen LogP contribution >= 0.6 is 34.5 Å². The molecule has 152 valence electrons. The van der Waals surface area contributed by atoms with E-state index < -0.39 is 12.1 Å². The van der Waals surface area contributed by atoms with Crippen LogP contribution in [0.1, 0.15) is 40.1 Å². The first-order valence-electron chi connectivity index (χ1n) is 7.54. The first-order valence-corrected chi connectivity index (χ1v) is 9.11. The van der Waals surface area contributed by atoms with E-state index in [0.717, 1.165) is 11.3 Å². The molecule has 3 aromatic rings. The van der Waals surface area contributed by atoms with E-state index >= 15 is 0 Å². The van der Waals surface area contributed by atoms with Crippen LogP contribution in [0.15, 0.2) is 29.3 Å². The van der Waals surface area contributed by atoms with Crippen molar-refractivity contribution >= 4 is 50.7 Å². The van der Waals surface area contributed by atoms with Crippen LogP contribution in [0.3, 0.4) is 0 Å². The zero-order valence-corrected chi connectivity index (χ0v) is 15.8. The van der Waals surface area contributed by atoms with Crippen molar-refractivity contribution in [3.63, 3.8) is 0 Å². The molecule has 1 N–H and O–H groups in total. The highest BCUT2D eigenvalue weighted by atomic mass is 35.5. The molecule has 0 unspecified atom stereocenters. The Hall–Kier alpha value is -2.16. The standard InChI is InChI=1S/C16H13Cl2N3O4S.2CH4/c1-8(15-19-6-9(17)7-20-15)25-12-5-13-11(4-10(12)18)21(16(24)26-13)3-2-14(22)23;;/h4-8H,2-3H2,1H3,(H,22,23);2*1H4/t8-;;/m1../s1. The minimum absolute atomic E-state index is 0. The monoisotopic (exact) mass is 445 g/mol. The van der Waals surface area contributed by atoms with Crippen LogP contribution in [-0.4, -0.2) is 25.6 Å². The number of halogens is 2. The fourth-order valence-electron chi connectivity index (χ4n) is 2.35. The maximum atomic E-state index is 12.1. The minimum atomic E-state index is -0.973. The van der Waals surface area contributed by atoms with E-state index in [1.807, 2.05) is 0 Å². The third-order valence-electron chi connectivity index (χ3n) is 3.58. The van der Waals surface area contributed by atoms with E-state index in [9.17, 15) is 9.59 Å². The van der Waals surface area contributed by atoms with Crippen LogP contribution in [0.5, 0.6) is 5.75 Å². The molecule has 0 fully saturated rings. The summed E-state index contributed by atoms with van der Waals surface area (Å²) in [6.45, 7) is 1.85. The zero-order chi connectivity index (χ0) is 18.8. The summed E-state index contributed by atoms with van der Waals surface area (Å²) < 4.78 is 7.88. The molecule has 0 saturated carbocycles. The highest BCUT2D eigenvalue weighted by Crippen LogP contribution is 2.34. The van der Waals surface area contributed by atoms with Crippen molar-refractivity contribution in [2.75, 3.05) is 0 Å². The van der Waals surface area contributed by atoms with E-state index in [0.29, 0.717) is 31.8 Å². The van der Waals surface area contributed by atoms with Crippen LogP contribution in [0.4, 0.5) is 0 Å². The second-order valence-electron chi connectivity index (χ2n) is 5.43. The van der Waals surface area contributed by atoms with E-state index in [1.165, 1.54) is 17.0 Å². The summed E-state index contributed by atoms with van der Waals surface area (Å²) in [6.07, 6.45) is 2.33. The highest BCUT2D eigenvalue weighted by molar-refractivity contribution is 7.16. The number of benzene rings is 1. The van der Waals surface area contributed by atoms with Gasteiger partial charge >= 0.3 is 10.8 Å². The van der Waals surface area contributed by atoms with Crippen LogP contribution in [0.25, 0.3) is 10.2 Å². The van der Waals surface area contributed by atoms with Crippen LogP contribution in [0.2, 0.25) is 10.0 Å². The van der Waals surface area contributed by atoms with Gasteiger partial charge in [-0.05, 0) is 13.0 Å². The Morgan fingerprint density at radius 1 is 1.29 bits per heavy atom. The quantitative estimate of drug-likeness (QED) is 0.570. The lowest BCUT2D eigenvalue weighted by Crippen LogP contribution is -2.15. The number of ether oxygens (including phenoxy) is 1. The van der Waals surface area contributed by atoms with Crippen molar-refractivity contribution in [3.8, 4) is 5.75 Å². The molecule has 0 amide bonds. The summed E-state index contributed by atoms with van der Waals surface area (Å²) in [5.41, 5.74) is 0.578. The molecule has 1 aromatic carbocycles. The predicted octanol–water partition coefficient (Wildman–Crippen LogP) is 5.05. The molecular formula is C18H21Cl2N3O4S. The zero-order valence-electron chi connectivity index (χ0n) is 13.5. The lowest BCUT2D eigenvalue weighted by Gasteiger charge is -2.14. The number of carboxylic acid groups (broad SMARTS) is 1. The van der Waals surface area contributed by atoms with Crippen molar-refractivity contribution in [1.82, 2.24) is 14.5 Å². The Labute approximate surface area is 176 Å². The second-order valence-corrected chi connectivity index (χ2v) is 7.27. The van der Waals surface area contributed by atoms with Gasteiger partial charge in [0.2, 0.25) is 0 Å². The van der Waals surface area contributed by atoms with Gasteiger partial charge in [-0.15, -0.1) is 0 Å². The summed E-state index contributed by atoms with van der Waals surface area (Å²) in [5, 5.41) is 9.55. The summed E-state index contributed by atoms with van der Waals surface area (Å²) in [4.78, 5) is 30.9. The fraction of sp³-hybridized carbons (Fsp3) is 0.333. The number of thiazole rings is 1. The molecule has 0 spiro atoms. The average molecular weight is 446 g/mol. The number of hydrogen-bond donors (Lipinski definition) is 1. The number of aliphatic carboxylic acids is 1. The Bertz CT molecular complexity index is 1020. The molecule has 1 atom stereocenters. The van der Waals surface area contributed by atoms with Gasteiger partial charge in [0, 0.05) is 25.0 Å². The van der Waals surface area contributed by atoms with Crippen molar-refractivity contribution in [1.29, 1.82) is 0 Å².